The van der Waals surface area contributed by atoms with Crippen LogP contribution in [0.15, 0.2) is 0 Å². The third-order valence-corrected chi connectivity index (χ3v) is 2.96. The van der Waals surface area contributed by atoms with Crippen LogP contribution in [0, 0.1) is 0 Å². The molecular formula is C15H21Na3O17. The second-order valence-electron chi connectivity index (χ2n) is 5.91. The first-order valence-corrected chi connectivity index (χ1v) is 7.99. The van der Waals surface area contributed by atoms with Crippen LogP contribution < -0.4 is 104 Å². The summed E-state index contributed by atoms with van der Waals surface area (Å²) < 4.78 is 0. The molecule has 0 spiro atoms. The molecule has 0 amide bonds. The maximum absolute atomic E-state index is 10.3. The molecule has 35 heavy (non-hydrogen) atoms. The monoisotopic (exact) mass is 542 g/mol. The molecule has 8 N–H and O–H groups in total. The number of hydrogen-bond donors (Lipinski definition) is 8. The maximum Gasteiger partial charge on any atom is 1.00 e. The summed E-state index contributed by atoms with van der Waals surface area (Å²) in [6.07, 6.45) is -5.96. The first-order valence-electron chi connectivity index (χ1n) is 7.99. The van der Waals surface area contributed by atoms with Crippen LogP contribution in [0.1, 0.15) is 25.7 Å². The van der Waals surface area contributed by atoms with Crippen molar-refractivity contribution in [2.45, 2.75) is 43.0 Å². The van der Waals surface area contributed by atoms with E-state index in [1.807, 2.05) is 0 Å². The minimum Gasteiger partial charge on any atom is -0.550 e. The summed E-state index contributed by atoms with van der Waals surface area (Å²) in [7, 11) is 0. The third kappa shape index (κ3) is 26.5. The van der Waals surface area contributed by atoms with E-state index >= 15 is 0 Å². The van der Waals surface area contributed by atoms with Gasteiger partial charge in [-0.05, 0) is 0 Å². The fourth-order valence-corrected chi connectivity index (χ4v) is 1.46. The van der Waals surface area contributed by atoms with Gasteiger partial charge < -0.3 is 70.6 Å². The summed E-state index contributed by atoms with van der Waals surface area (Å²) >= 11 is 0. The molecular weight excluding hydrogens is 521 g/mol. The van der Waals surface area contributed by atoms with Crippen LogP contribution in [0.2, 0.25) is 0 Å². The van der Waals surface area contributed by atoms with Crippen molar-refractivity contribution in [3.63, 3.8) is 0 Å². The molecule has 0 fully saturated rings. The number of aliphatic hydroxyl groups excluding tert-OH is 3. The van der Waals surface area contributed by atoms with Gasteiger partial charge in [0.05, 0.1) is 32.0 Å². The van der Waals surface area contributed by atoms with Gasteiger partial charge in [0.25, 0.3) is 0 Å². The van der Waals surface area contributed by atoms with Crippen molar-refractivity contribution in [2.75, 3.05) is 13.2 Å². The van der Waals surface area contributed by atoms with Crippen molar-refractivity contribution in [2.24, 2.45) is 0 Å². The average molecular weight is 542 g/mol. The molecule has 0 heterocycles. The van der Waals surface area contributed by atoms with Crippen LogP contribution in [0.3, 0.4) is 0 Å². The molecule has 0 saturated heterocycles. The Morgan fingerprint density at radius 3 is 1.03 bits per heavy atom. The van der Waals surface area contributed by atoms with E-state index in [4.69, 9.17) is 40.9 Å². The van der Waals surface area contributed by atoms with E-state index in [1.54, 1.807) is 0 Å². The SMILES string of the molecule is O=C(O)CC(O)(CC(=O)O)C(=O)O.O=C([O-])CC(O)(CC(=O)[O-])C(=O)[O-].OCC(O)CO.[Na+].[Na+].[Na+]. The average Bonchev–Trinajstić information content (AvgIpc) is 2.59. The second-order valence-corrected chi connectivity index (χ2v) is 5.91. The zero-order valence-corrected chi connectivity index (χ0v) is 25.1. The molecule has 0 aromatic heterocycles. The summed E-state index contributed by atoms with van der Waals surface area (Å²) in [5.74, 6) is -11.0. The Kier molecular flexibility index (Phi) is 32.7. The Hall–Kier alpha value is -0.380. The van der Waals surface area contributed by atoms with Gasteiger partial charge in [-0.15, -0.1) is 0 Å². The Labute approximate surface area is 263 Å². The van der Waals surface area contributed by atoms with E-state index in [0.717, 1.165) is 0 Å². The van der Waals surface area contributed by atoms with Gasteiger partial charge in [0, 0.05) is 24.8 Å². The van der Waals surface area contributed by atoms with E-state index in [9.17, 15) is 44.1 Å². The Balaban J connectivity index is -0.0000000916. The third-order valence-electron chi connectivity index (χ3n) is 2.96. The molecule has 0 bridgehead atoms. The maximum atomic E-state index is 10.3. The van der Waals surface area contributed by atoms with Crippen molar-refractivity contribution in [3.05, 3.63) is 0 Å². The molecule has 0 atom stereocenters. The van der Waals surface area contributed by atoms with Crippen LogP contribution in [-0.4, -0.2) is 107 Å². The second kappa shape index (κ2) is 24.0. The molecule has 0 unspecified atom stereocenters. The van der Waals surface area contributed by atoms with Gasteiger partial charge in [-0.25, -0.2) is 4.79 Å². The molecule has 17 nitrogen and oxygen atoms in total. The van der Waals surface area contributed by atoms with Gasteiger partial charge in [0.2, 0.25) is 0 Å². The molecule has 186 valence electrons. The van der Waals surface area contributed by atoms with Crippen LogP contribution in [0.5, 0.6) is 0 Å². The Morgan fingerprint density at radius 1 is 0.629 bits per heavy atom. The van der Waals surface area contributed by atoms with Gasteiger partial charge in [-0.1, -0.05) is 0 Å². The molecule has 0 aromatic carbocycles. The fourth-order valence-electron chi connectivity index (χ4n) is 1.46. The van der Waals surface area contributed by atoms with Crippen molar-refractivity contribution in [3.8, 4) is 0 Å². The summed E-state index contributed by atoms with van der Waals surface area (Å²) in [5.41, 5.74) is -5.71. The molecule has 0 aromatic rings. The number of aliphatic hydroxyl groups is 5. The number of carbonyl (C=O) groups is 6. The standard InChI is InChI=1S/2C6H8O7.C3H8O3.3Na/c2*7-3(8)1-6(13,5(11)12)2-4(9)10;4-1-3(6)2-5;;;/h2*13H,1-2H2,(H,7,8)(H,9,10)(H,11,12);3-6H,1-2H2;;;/q;;;3*+1/p-3. The van der Waals surface area contributed by atoms with E-state index in [0.29, 0.717) is 0 Å². The summed E-state index contributed by atoms with van der Waals surface area (Å²) in [5, 5.41) is 96.8. The Bertz CT molecular complexity index is 596. The molecule has 0 rings (SSSR count). The topological polar surface area (TPSA) is 333 Å². The zero-order chi connectivity index (χ0) is 26.3. The van der Waals surface area contributed by atoms with Crippen molar-refractivity contribution in [1.82, 2.24) is 0 Å². The minimum absolute atomic E-state index is 0. The first-order chi connectivity index (χ1) is 14.4. The zero-order valence-electron chi connectivity index (χ0n) is 19.1. The molecule has 0 saturated carbocycles. The first kappa shape index (κ1) is 47.8. The van der Waals surface area contributed by atoms with Crippen LogP contribution in [0.4, 0.5) is 0 Å². The van der Waals surface area contributed by atoms with Crippen LogP contribution >= 0.6 is 0 Å². The van der Waals surface area contributed by atoms with E-state index in [-0.39, 0.29) is 102 Å². The predicted octanol–water partition coefficient (Wildman–Crippen LogP) is -17.2. The van der Waals surface area contributed by atoms with Gasteiger partial charge in [0.1, 0.15) is 11.7 Å². The van der Waals surface area contributed by atoms with Gasteiger partial charge in [0.15, 0.2) is 5.60 Å². The smallest absolute Gasteiger partial charge is 0.550 e. The predicted molar refractivity (Wildman–Crippen MR) is 86.5 cm³/mol. The van der Waals surface area contributed by atoms with Gasteiger partial charge >= 0.3 is 107 Å². The number of carbonyl (C=O) groups excluding carboxylic acids is 3. The number of carboxylic acid groups (broad SMARTS) is 6. The van der Waals surface area contributed by atoms with E-state index in [1.165, 1.54) is 0 Å². The van der Waals surface area contributed by atoms with Crippen molar-refractivity contribution >= 4 is 35.8 Å². The quantitative estimate of drug-likeness (QED) is 0.106. The molecule has 0 aliphatic heterocycles. The molecule has 0 aliphatic carbocycles. The number of rotatable bonds is 12. The summed E-state index contributed by atoms with van der Waals surface area (Å²) in [6.45, 7) is -0.729. The van der Waals surface area contributed by atoms with E-state index in [2.05, 4.69) is 0 Å². The summed E-state index contributed by atoms with van der Waals surface area (Å²) in [4.78, 5) is 60.5. The minimum atomic E-state index is -2.97. The van der Waals surface area contributed by atoms with E-state index < -0.39 is 78.8 Å². The normalized spacial score (nSPS) is 9.77. The van der Waals surface area contributed by atoms with Crippen LogP contribution in [-0.2, 0) is 28.8 Å². The summed E-state index contributed by atoms with van der Waals surface area (Å²) in [6, 6.07) is 0. The number of hydrogen-bond acceptors (Lipinski definition) is 14. The van der Waals surface area contributed by atoms with Gasteiger partial charge in [-0.3, -0.25) is 9.59 Å². The number of carboxylic acids is 6. The Morgan fingerprint density at radius 2 is 0.914 bits per heavy atom. The van der Waals surface area contributed by atoms with Gasteiger partial charge in [-0.2, -0.15) is 0 Å². The molecule has 20 heteroatoms. The van der Waals surface area contributed by atoms with Crippen molar-refractivity contribution in [1.29, 1.82) is 0 Å². The van der Waals surface area contributed by atoms with Crippen molar-refractivity contribution < 1.29 is 174 Å². The molecule has 0 radical (unpaired) electrons. The van der Waals surface area contributed by atoms with Crippen LogP contribution in [0.25, 0.3) is 0 Å². The largest absolute Gasteiger partial charge is 1.00 e. The molecule has 0 aliphatic rings. The number of aliphatic carboxylic acids is 6. The fraction of sp³-hybridized carbons (Fsp3) is 0.600.